The van der Waals surface area contributed by atoms with E-state index >= 15 is 0 Å². The van der Waals surface area contributed by atoms with Gasteiger partial charge in [-0.3, -0.25) is 9.89 Å². The lowest BCUT2D eigenvalue weighted by Crippen LogP contribution is -2.32. The third-order valence-electron chi connectivity index (χ3n) is 2.74. The van der Waals surface area contributed by atoms with Crippen LogP contribution in [0.2, 0.25) is 0 Å². The van der Waals surface area contributed by atoms with Gasteiger partial charge in [-0.2, -0.15) is 5.10 Å². The average Bonchev–Trinajstić information content (AvgIpc) is 2.84. The molecule has 1 aromatic heterocycles. The molecule has 2 unspecified atom stereocenters. The van der Waals surface area contributed by atoms with E-state index in [1.54, 1.807) is 7.05 Å². The molecule has 1 aliphatic rings. The highest BCUT2D eigenvalue weighted by molar-refractivity contribution is 5.79. The van der Waals surface area contributed by atoms with E-state index in [0.717, 1.165) is 18.2 Å². The molecule has 0 radical (unpaired) electrons. The van der Waals surface area contributed by atoms with Crippen molar-refractivity contribution < 1.29 is 4.79 Å². The fraction of sp³-hybridized carbons (Fsp3) is 0.667. The van der Waals surface area contributed by atoms with Crippen molar-refractivity contribution in [3.63, 3.8) is 0 Å². The third kappa shape index (κ3) is 1.85. The maximum Gasteiger partial charge on any atom is 0.224 e. The second-order valence-electron chi connectivity index (χ2n) is 3.76. The summed E-state index contributed by atoms with van der Waals surface area (Å²) in [7, 11) is 1.65. The van der Waals surface area contributed by atoms with Crippen molar-refractivity contribution in [2.24, 2.45) is 5.92 Å². The van der Waals surface area contributed by atoms with Crippen LogP contribution in [0.1, 0.15) is 17.6 Å². The van der Waals surface area contributed by atoms with Crippen molar-refractivity contribution in [3.8, 4) is 0 Å². The van der Waals surface area contributed by atoms with Crippen LogP contribution in [0.25, 0.3) is 0 Å². The zero-order valence-electron chi connectivity index (χ0n) is 8.87. The Morgan fingerprint density at radius 3 is 2.93 bits per heavy atom. The molecule has 0 aromatic carbocycles. The van der Waals surface area contributed by atoms with Crippen molar-refractivity contribution in [2.75, 3.05) is 20.1 Å². The molecule has 0 bridgehead atoms. The first-order chi connectivity index (χ1) is 7.22. The van der Waals surface area contributed by atoms with Gasteiger partial charge in [0.05, 0.1) is 5.92 Å². The van der Waals surface area contributed by atoms with Gasteiger partial charge in [-0.15, -0.1) is 0 Å². The second kappa shape index (κ2) is 3.98. The fourth-order valence-electron chi connectivity index (χ4n) is 1.94. The van der Waals surface area contributed by atoms with Crippen LogP contribution in [0.5, 0.6) is 0 Å². The quantitative estimate of drug-likeness (QED) is 0.593. The lowest BCUT2D eigenvalue weighted by Gasteiger charge is -2.13. The standard InChI is InChI=1S/C9H15N5O/c1-5-12-8(14-13-5)6-3-11-4-7(6)9(15)10-2/h6-7,11H,3-4H2,1-2H3,(H,10,15)(H,12,13,14). The van der Waals surface area contributed by atoms with Crippen LogP contribution < -0.4 is 10.6 Å². The van der Waals surface area contributed by atoms with Crippen LogP contribution in [0.3, 0.4) is 0 Å². The highest BCUT2D eigenvalue weighted by Gasteiger charge is 2.35. The van der Waals surface area contributed by atoms with E-state index < -0.39 is 0 Å². The predicted molar refractivity (Wildman–Crippen MR) is 54.3 cm³/mol. The molecule has 82 valence electrons. The van der Waals surface area contributed by atoms with Crippen LogP contribution in [0, 0.1) is 12.8 Å². The number of aromatic nitrogens is 3. The highest BCUT2D eigenvalue weighted by atomic mass is 16.1. The SMILES string of the molecule is CNC(=O)C1CNCC1c1n[nH]c(C)n1. The lowest BCUT2D eigenvalue weighted by molar-refractivity contribution is -0.124. The first-order valence-electron chi connectivity index (χ1n) is 5.03. The number of hydrogen-bond donors (Lipinski definition) is 3. The van der Waals surface area contributed by atoms with E-state index in [-0.39, 0.29) is 17.7 Å². The zero-order chi connectivity index (χ0) is 10.8. The summed E-state index contributed by atoms with van der Waals surface area (Å²) >= 11 is 0. The van der Waals surface area contributed by atoms with Crippen molar-refractivity contribution in [3.05, 3.63) is 11.6 Å². The van der Waals surface area contributed by atoms with E-state index in [9.17, 15) is 4.79 Å². The van der Waals surface area contributed by atoms with Crippen molar-refractivity contribution >= 4 is 5.91 Å². The van der Waals surface area contributed by atoms with Crippen LogP contribution in [-0.4, -0.2) is 41.2 Å². The summed E-state index contributed by atoms with van der Waals surface area (Å²) in [5.41, 5.74) is 0. The summed E-state index contributed by atoms with van der Waals surface area (Å²) in [6.07, 6.45) is 0. The molecule has 0 aliphatic carbocycles. The van der Waals surface area contributed by atoms with Crippen LogP contribution in [-0.2, 0) is 4.79 Å². The third-order valence-corrected chi connectivity index (χ3v) is 2.74. The van der Waals surface area contributed by atoms with Gasteiger partial charge in [0.15, 0.2) is 5.82 Å². The monoisotopic (exact) mass is 209 g/mol. The number of aromatic amines is 1. The van der Waals surface area contributed by atoms with E-state index in [0.29, 0.717) is 6.54 Å². The molecule has 15 heavy (non-hydrogen) atoms. The molecule has 1 fully saturated rings. The van der Waals surface area contributed by atoms with E-state index in [1.807, 2.05) is 6.92 Å². The Labute approximate surface area is 87.9 Å². The highest BCUT2D eigenvalue weighted by Crippen LogP contribution is 2.25. The number of nitrogens with zero attached hydrogens (tertiary/aromatic N) is 2. The molecule has 2 atom stereocenters. The molecule has 6 heteroatoms. The number of carbonyl (C=O) groups excluding carboxylic acids is 1. The Balaban J connectivity index is 2.18. The second-order valence-corrected chi connectivity index (χ2v) is 3.76. The van der Waals surface area contributed by atoms with Gasteiger partial charge in [0.1, 0.15) is 5.82 Å². The number of nitrogens with one attached hydrogen (secondary N) is 3. The molecule has 1 amide bonds. The molecule has 0 spiro atoms. The number of carbonyl (C=O) groups is 1. The van der Waals surface area contributed by atoms with Crippen molar-refractivity contribution in [1.82, 2.24) is 25.8 Å². The van der Waals surface area contributed by atoms with Crippen molar-refractivity contribution in [1.29, 1.82) is 0 Å². The van der Waals surface area contributed by atoms with Gasteiger partial charge in [-0.1, -0.05) is 0 Å². The Bertz CT molecular complexity index is 361. The van der Waals surface area contributed by atoms with Gasteiger partial charge in [-0.05, 0) is 6.92 Å². The van der Waals surface area contributed by atoms with Crippen molar-refractivity contribution in [2.45, 2.75) is 12.8 Å². The van der Waals surface area contributed by atoms with Gasteiger partial charge in [0, 0.05) is 26.1 Å². The predicted octanol–water partition coefficient (Wildman–Crippen LogP) is -0.838. The zero-order valence-corrected chi connectivity index (χ0v) is 8.87. The van der Waals surface area contributed by atoms with Gasteiger partial charge in [0.2, 0.25) is 5.91 Å². The maximum absolute atomic E-state index is 11.6. The van der Waals surface area contributed by atoms with E-state index in [2.05, 4.69) is 25.8 Å². The number of aryl methyl sites for hydroxylation is 1. The summed E-state index contributed by atoms with van der Waals surface area (Å²) < 4.78 is 0. The molecule has 2 rings (SSSR count). The lowest BCUT2D eigenvalue weighted by atomic mass is 9.94. The van der Waals surface area contributed by atoms with E-state index in [4.69, 9.17) is 0 Å². The molecular formula is C9H15N5O. The summed E-state index contributed by atoms with van der Waals surface area (Å²) in [4.78, 5) is 15.9. The summed E-state index contributed by atoms with van der Waals surface area (Å²) in [6, 6.07) is 0. The summed E-state index contributed by atoms with van der Waals surface area (Å²) in [5.74, 6) is 1.58. The van der Waals surface area contributed by atoms with Crippen LogP contribution in [0.4, 0.5) is 0 Å². The summed E-state index contributed by atoms with van der Waals surface area (Å²) in [5, 5.41) is 12.8. The molecule has 0 saturated carbocycles. The van der Waals surface area contributed by atoms with Crippen LogP contribution >= 0.6 is 0 Å². The Kier molecular flexibility index (Phi) is 2.68. The number of H-pyrrole nitrogens is 1. The molecule has 1 aliphatic heterocycles. The molecule has 6 nitrogen and oxygen atoms in total. The topological polar surface area (TPSA) is 82.7 Å². The first kappa shape index (κ1) is 10.1. The minimum absolute atomic E-state index is 0.0486. The fourth-order valence-corrected chi connectivity index (χ4v) is 1.94. The average molecular weight is 209 g/mol. The van der Waals surface area contributed by atoms with Gasteiger partial charge >= 0.3 is 0 Å². The number of amides is 1. The van der Waals surface area contributed by atoms with Gasteiger partial charge < -0.3 is 10.6 Å². The van der Waals surface area contributed by atoms with Crippen LogP contribution in [0.15, 0.2) is 0 Å². The molecular weight excluding hydrogens is 194 g/mol. The molecule has 3 N–H and O–H groups in total. The molecule has 1 saturated heterocycles. The number of rotatable bonds is 2. The maximum atomic E-state index is 11.6. The molecule has 2 heterocycles. The number of hydrogen-bond acceptors (Lipinski definition) is 4. The Morgan fingerprint density at radius 2 is 2.33 bits per heavy atom. The van der Waals surface area contributed by atoms with Gasteiger partial charge in [0.25, 0.3) is 0 Å². The van der Waals surface area contributed by atoms with E-state index in [1.165, 1.54) is 0 Å². The molecule has 1 aromatic rings. The minimum Gasteiger partial charge on any atom is -0.359 e. The van der Waals surface area contributed by atoms with Gasteiger partial charge in [-0.25, -0.2) is 4.98 Å². The first-order valence-corrected chi connectivity index (χ1v) is 5.03. The smallest absolute Gasteiger partial charge is 0.224 e. The Hall–Kier alpha value is -1.43. The summed E-state index contributed by atoms with van der Waals surface area (Å²) in [6.45, 7) is 3.31. The normalized spacial score (nSPS) is 25.5. The minimum atomic E-state index is -0.0646. The largest absolute Gasteiger partial charge is 0.359 e. The Morgan fingerprint density at radius 1 is 1.53 bits per heavy atom.